The third-order valence-electron chi connectivity index (χ3n) is 6.08. The van der Waals surface area contributed by atoms with Crippen LogP contribution < -0.4 is 4.74 Å². The van der Waals surface area contributed by atoms with Crippen molar-refractivity contribution in [2.45, 2.75) is 45.0 Å². The minimum atomic E-state index is -1.20. The van der Waals surface area contributed by atoms with E-state index in [4.69, 9.17) is 18.9 Å². The minimum absolute atomic E-state index is 0.171. The van der Waals surface area contributed by atoms with Crippen LogP contribution >= 0.6 is 0 Å². The normalized spacial score (nSPS) is 15.9. The van der Waals surface area contributed by atoms with E-state index in [1.54, 1.807) is 6.07 Å². The van der Waals surface area contributed by atoms with E-state index in [2.05, 4.69) is 6.92 Å². The Kier molecular flexibility index (Phi) is 9.05. The molecule has 0 fully saturated rings. The van der Waals surface area contributed by atoms with Crippen molar-refractivity contribution >= 4 is 17.6 Å². The van der Waals surface area contributed by atoms with Crippen molar-refractivity contribution in [2.24, 2.45) is 0 Å². The Morgan fingerprint density at radius 2 is 1.63 bits per heavy atom. The van der Waals surface area contributed by atoms with Crippen LogP contribution in [0.1, 0.15) is 53.3 Å². The Labute approximate surface area is 220 Å². The van der Waals surface area contributed by atoms with Gasteiger partial charge < -0.3 is 18.9 Å². The number of benzene rings is 3. The molecule has 2 atom stereocenters. The van der Waals surface area contributed by atoms with E-state index in [1.807, 2.05) is 30.3 Å². The van der Waals surface area contributed by atoms with Gasteiger partial charge in [0.05, 0.1) is 28.7 Å². The number of hydrogen-bond donors (Lipinski definition) is 0. The second-order valence-electron chi connectivity index (χ2n) is 8.84. The Balaban J connectivity index is 1.67. The van der Waals surface area contributed by atoms with E-state index in [0.29, 0.717) is 11.1 Å². The summed E-state index contributed by atoms with van der Waals surface area (Å²) >= 11 is 0. The van der Waals surface area contributed by atoms with Gasteiger partial charge in [-0.1, -0.05) is 56.5 Å². The zero-order valence-corrected chi connectivity index (χ0v) is 21.0. The molecule has 3 aromatic carbocycles. The molecule has 38 heavy (non-hydrogen) atoms. The maximum atomic E-state index is 12.9. The molecular formula is C29H29NO8. The van der Waals surface area contributed by atoms with E-state index in [9.17, 15) is 19.7 Å². The number of ether oxygens (including phenoxy) is 4. The highest BCUT2D eigenvalue weighted by Crippen LogP contribution is 2.35. The topological polar surface area (TPSA) is 114 Å². The summed E-state index contributed by atoms with van der Waals surface area (Å²) in [6.45, 7) is 2.06. The molecule has 0 aromatic heterocycles. The molecule has 9 heteroatoms. The van der Waals surface area contributed by atoms with E-state index in [-0.39, 0.29) is 30.2 Å². The summed E-state index contributed by atoms with van der Waals surface area (Å²) in [6.07, 6.45) is 1.41. The van der Waals surface area contributed by atoms with Crippen LogP contribution in [0.3, 0.4) is 0 Å². The summed E-state index contributed by atoms with van der Waals surface area (Å²) in [6, 6.07) is 19.5. The van der Waals surface area contributed by atoms with Gasteiger partial charge in [-0.15, -0.1) is 0 Å². The monoisotopic (exact) mass is 519 g/mol. The van der Waals surface area contributed by atoms with Gasteiger partial charge in [-0.05, 0) is 42.3 Å². The highest BCUT2D eigenvalue weighted by molar-refractivity contribution is 5.93. The molecule has 0 amide bonds. The van der Waals surface area contributed by atoms with Crippen LogP contribution in [0, 0.1) is 10.1 Å². The smallest absolute Gasteiger partial charge is 0.338 e. The highest BCUT2D eigenvalue weighted by Gasteiger charge is 2.32. The lowest BCUT2D eigenvalue weighted by atomic mass is 10.0. The molecule has 0 radical (unpaired) electrons. The van der Waals surface area contributed by atoms with Gasteiger partial charge in [0.2, 0.25) is 6.29 Å². The van der Waals surface area contributed by atoms with E-state index in [1.165, 1.54) is 36.4 Å². The van der Waals surface area contributed by atoms with Crippen molar-refractivity contribution in [3.63, 3.8) is 0 Å². The number of carbonyl (C=O) groups is 2. The number of esters is 2. The molecule has 9 nitrogen and oxygen atoms in total. The number of unbranched alkanes of at least 4 members (excludes halogenated alkanes) is 3. The van der Waals surface area contributed by atoms with Crippen molar-refractivity contribution in [2.75, 3.05) is 13.2 Å². The molecule has 0 saturated heterocycles. The Morgan fingerprint density at radius 1 is 0.921 bits per heavy atom. The molecule has 3 aromatic rings. The quantitative estimate of drug-likeness (QED) is 0.100. The molecule has 2 aliphatic heterocycles. The van der Waals surface area contributed by atoms with Crippen LogP contribution in [-0.4, -0.2) is 42.5 Å². The maximum Gasteiger partial charge on any atom is 0.338 e. The molecule has 2 aliphatic rings. The predicted molar refractivity (Wildman–Crippen MR) is 139 cm³/mol. The van der Waals surface area contributed by atoms with Crippen LogP contribution in [0.25, 0.3) is 11.1 Å². The van der Waals surface area contributed by atoms with Gasteiger partial charge in [-0.25, -0.2) is 9.59 Å². The molecule has 2 heterocycles. The summed E-state index contributed by atoms with van der Waals surface area (Å²) in [5.41, 5.74) is 1.75. The summed E-state index contributed by atoms with van der Waals surface area (Å²) in [7, 11) is 0. The zero-order valence-electron chi connectivity index (χ0n) is 21.0. The van der Waals surface area contributed by atoms with E-state index in [0.717, 1.165) is 31.2 Å². The van der Waals surface area contributed by atoms with Gasteiger partial charge in [0.1, 0.15) is 12.4 Å². The zero-order chi connectivity index (χ0) is 26.9. The fourth-order valence-corrected chi connectivity index (χ4v) is 4.01. The first-order valence-corrected chi connectivity index (χ1v) is 12.6. The van der Waals surface area contributed by atoms with Crippen molar-refractivity contribution in [3.05, 3.63) is 94.0 Å². The molecule has 2 bridgehead atoms. The highest BCUT2D eigenvalue weighted by atomic mass is 16.7. The molecule has 2 unspecified atom stereocenters. The number of nitrogens with zero attached hydrogens (tertiary/aromatic N) is 1. The third-order valence-corrected chi connectivity index (χ3v) is 6.08. The van der Waals surface area contributed by atoms with Crippen molar-refractivity contribution in [1.29, 1.82) is 0 Å². The molecule has 5 rings (SSSR count). The number of fused-ring (bicyclic) bond motifs is 7. The van der Waals surface area contributed by atoms with Crippen molar-refractivity contribution < 1.29 is 33.5 Å². The largest absolute Gasteiger partial charge is 0.460 e. The second kappa shape index (κ2) is 12.8. The molecule has 0 aliphatic carbocycles. The Morgan fingerprint density at radius 3 is 2.32 bits per heavy atom. The lowest BCUT2D eigenvalue weighted by Crippen LogP contribution is -2.42. The molecule has 0 spiro atoms. The summed E-state index contributed by atoms with van der Waals surface area (Å²) in [4.78, 5) is 36.4. The van der Waals surface area contributed by atoms with Gasteiger partial charge in [-0.2, -0.15) is 0 Å². The first kappa shape index (κ1) is 26.8. The van der Waals surface area contributed by atoms with Gasteiger partial charge in [0.25, 0.3) is 5.69 Å². The average Bonchev–Trinajstić information content (AvgIpc) is 2.94. The number of nitro benzene ring substituents is 1. The van der Waals surface area contributed by atoms with Crippen LogP contribution in [0.15, 0.2) is 72.8 Å². The minimum Gasteiger partial charge on any atom is -0.460 e. The van der Waals surface area contributed by atoms with Gasteiger partial charge >= 0.3 is 11.9 Å². The molecule has 0 N–H and O–H groups in total. The number of nitro groups is 1. The second-order valence-corrected chi connectivity index (χ2v) is 8.84. The van der Waals surface area contributed by atoms with Crippen LogP contribution in [0.2, 0.25) is 0 Å². The maximum absolute atomic E-state index is 12.9. The Bertz CT molecular complexity index is 1260. The number of hydrogen-bond acceptors (Lipinski definition) is 8. The lowest BCUT2D eigenvalue weighted by Gasteiger charge is -2.29. The van der Waals surface area contributed by atoms with Crippen LogP contribution in [-0.2, 0) is 14.2 Å². The SMILES string of the molecule is CCCCCCOC(Oc1cc([N+](=O)[O-])ccc1-c1ccccc1)C1COC(=O)c2ccc(cc2)C(=O)O1. The molecule has 0 saturated carbocycles. The molecular weight excluding hydrogens is 490 g/mol. The lowest BCUT2D eigenvalue weighted by molar-refractivity contribution is -0.385. The van der Waals surface area contributed by atoms with Crippen LogP contribution in [0.5, 0.6) is 5.75 Å². The number of rotatable bonds is 11. The van der Waals surface area contributed by atoms with Crippen molar-refractivity contribution in [3.8, 4) is 16.9 Å². The molecule has 198 valence electrons. The first-order chi connectivity index (χ1) is 18.5. The summed E-state index contributed by atoms with van der Waals surface area (Å²) in [5.74, 6) is -1.04. The van der Waals surface area contributed by atoms with Crippen LogP contribution in [0.4, 0.5) is 5.69 Å². The van der Waals surface area contributed by atoms with Crippen molar-refractivity contribution in [1.82, 2.24) is 0 Å². The third kappa shape index (κ3) is 6.74. The predicted octanol–water partition coefficient (Wildman–Crippen LogP) is 5.96. The number of carbonyl (C=O) groups excluding carboxylic acids is 2. The van der Waals surface area contributed by atoms with Gasteiger partial charge in [-0.3, -0.25) is 10.1 Å². The van der Waals surface area contributed by atoms with E-state index >= 15 is 0 Å². The fraction of sp³-hybridized carbons (Fsp3) is 0.310. The first-order valence-electron chi connectivity index (χ1n) is 12.6. The van der Waals surface area contributed by atoms with E-state index < -0.39 is 29.3 Å². The summed E-state index contributed by atoms with van der Waals surface area (Å²) in [5, 5.41) is 11.5. The summed E-state index contributed by atoms with van der Waals surface area (Å²) < 4.78 is 23.4. The fourth-order valence-electron chi connectivity index (χ4n) is 4.01. The standard InChI is InChI=1S/C29H29NO8/c1-2-3-4-8-17-35-29(26-19-36-27(31)21-11-13-22(14-12-21)28(32)37-26)38-25-18-23(30(33)34)15-16-24(25)20-9-6-5-7-10-20/h5-7,9-16,18,26,29H,2-4,8,17,19H2,1H3. The van der Waals surface area contributed by atoms with Gasteiger partial charge in [0.15, 0.2) is 6.10 Å². The average molecular weight is 520 g/mol. The Hall–Kier alpha value is -4.24. The van der Waals surface area contributed by atoms with Gasteiger partial charge in [0, 0.05) is 11.6 Å². The number of non-ortho nitro benzene ring substituents is 1.